The van der Waals surface area contributed by atoms with Gasteiger partial charge in [-0.15, -0.1) is 0 Å². The quantitative estimate of drug-likeness (QED) is 0.476. The van der Waals surface area contributed by atoms with Crippen LogP contribution < -0.4 is 11.1 Å². The molecule has 1 aliphatic rings. The molecule has 2 atom stereocenters. The average molecular weight is 183 g/mol. The van der Waals surface area contributed by atoms with Crippen LogP contribution in [0.25, 0.3) is 0 Å². The molecule has 74 valence electrons. The molecule has 4 nitrogen and oxygen atoms in total. The third-order valence-electron chi connectivity index (χ3n) is 2.41. The lowest BCUT2D eigenvalue weighted by Gasteiger charge is -2.14. The molecule has 1 aliphatic carbocycles. The van der Waals surface area contributed by atoms with Crippen molar-refractivity contribution in [3.63, 3.8) is 0 Å². The molecular weight excluding hydrogens is 166 g/mol. The molecule has 1 saturated carbocycles. The molecule has 1 rings (SSSR count). The molecule has 0 saturated heterocycles. The van der Waals surface area contributed by atoms with Gasteiger partial charge in [0.05, 0.1) is 11.8 Å². The van der Waals surface area contributed by atoms with Crippen molar-refractivity contribution in [3.05, 3.63) is 11.4 Å². The minimum atomic E-state index is -0.175. The van der Waals surface area contributed by atoms with Gasteiger partial charge < -0.3 is 21.6 Å². The van der Waals surface area contributed by atoms with Gasteiger partial charge in [0.2, 0.25) is 0 Å². The maximum atomic E-state index is 9.28. The summed E-state index contributed by atoms with van der Waals surface area (Å²) >= 11 is 0. The van der Waals surface area contributed by atoms with Crippen LogP contribution in [0.15, 0.2) is 11.4 Å². The zero-order valence-electron chi connectivity index (χ0n) is 7.88. The minimum absolute atomic E-state index is 0.175. The third-order valence-corrected chi connectivity index (χ3v) is 2.41. The summed E-state index contributed by atoms with van der Waals surface area (Å²) in [6, 6.07) is 0.313. The molecular formula is C9H17N3O. The molecule has 0 aromatic heterocycles. The van der Waals surface area contributed by atoms with Crippen LogP contribution in [0, 0.1) is 5.41 Å². The van der Waals surface area contributed by atoms with Crippen LogP contribution in [0.3, 0.4) is 0 Å². The molecule has 0 radical (unpaired) electrons. The van der Waals surface area contributed by atoms with E-state index in [2.05, 4.69) is 5.32 Å². The molecule has 2 unspecified atom stereocenters. The summed E-state index contributed by atoms with van der Waals surface area (Å²) < 4.78 is 0. The van der Waals surface area contributed by atoms with Crippen molar-refractivity contribution in [1.29, 1.82) is 5.41 Å². The average Bonchev–Trinajstić information content (AvgIpc) is 2.49. The zero-order valence-corrected chi connectivity index (χ0v) is 7.88. The first-order valence-electron chi connectivity index (χ1n) is 4.55. The normalized spacial score (nSPS) is 29.7. The SMILES string of the molecule is C/C(NC1CCC(O)C1)=C(\N)C=N. The number of aliphatic hydroxyl groups is 1. The molecule has 5 N–H and O–H groups in total. The van der Waals surface area contributed by atoms with Gasteiger partial charge in [-0.3, -0.25) is 0 Å². The molecule has 1 fully saturated rings. The van der Waals surface area contributed by atoms with Crippen LogP contribution in [0.4, 0.5) is 0 Å². The van der Waals surface area contributed by atoms with E-state index in [1.807, 2.05) is 6.92 Å². The smallest absolute Gasteiger partial charge is 0.0682 e. The predicted molar refractivity (Wildman–Crippen MR) is 52.5 cm³/mol. The van der Waals surface area contributed by atoms with E-state index < -0.39 is 0 Å². The molecule has 0 aliphatic heterocycles. The molecule has 0 bridgehead atoms. The first-order valence-corrected chi connectivity index (χ1v) is 4.55. The van der Waals surface area contributed by atoms with Gasteiger partial charge in [-0.2, -0.15) is 0 Å². The predicted octanol–water partition coefficient (Wildman–Crippen LogP) is 0.329. The minimum Gasteiger partial charge on any atom is -0.396 e. The van der Waals surface area contributed by atoms with Gasteiger partial charge in [-0.05, 0) is 26.2 Å². The van der Waals surface area contributed by atoms with E-state index >= 15 is 0 Å². The van der Waals surface area contributed by atoms with Crippen LogP contribution in [-0.2, 0) is 0 Å². The van der Waals surface area contributed by atoms with Crippen molar-refractivity contribution >= 4 is 6.21 Å². The van der Waals surface area contributed by atoms with Crippen LogP contribution in [0.5, 0.6) is 0 Å². The van der Waals surface area contributed by atoms with Crippen molar-refractivity contribution in [1.82, 2.24) is 5.32 Å². The van der Waals surface area contributed by atoms with E-state index in [1.165, 1.54) is 0 Å². The van der Waals surface area contributed by atoms with Gasteiger partial charge in [0.1, 0.15) is 0 Å². The number of allylic oxidation sites excluding steroid dienone is 2. The molecule has 0 aromatic rings. The Morgan fingerprint density at radius 2 is 2.31 bits per heavy atom. The van der Waals surface area contributed by atoms with Gasteiger partial charge in [0.25, 0.3) is 0 Å². The first kappa shape index (κ1) is 10.1. The lowest BCUT2D eigenvalue weighted by atomic mass is 10.2. The Hall–Kier alpha value is -1.03. The maximum absolute atomic E-state index is 9.28. The Morgan fingerprint density at radius 3 is 2.77 bits per heavy atom. The molecule has 0 heterocycles. The van der Waals surface area contributed by atoms with Crippen molar-refractivity contribution in [3.8, 4) is 0 Å². The summed E-state index contributed by atoms with van der Waals surface area (Å²) in [4.78, 5) is 0. The second kappa shape index (κ2) is 4.28. The first-order chi connectivity index (χ1) is 6.13. The second-order valence-corrected chi connectivity index (χ2v) is 3.53. The molecule has 0 amide bonds. The number of rotatable bonds is 3. The number of aliphatic hydroxyl groups excluding tert-OH is 1. The molecule has 0 aromatic carbocycles. The van der Waals surface area contributed by atoms with E-state index in [1.54, 1.807) is 0 Å². The van der Waals surface area contributed by atoms with E-state index in [9.17, 15) is 5.11 Å². The highest BCUT2D eigenvalue weighted by molar-refractivity contribution is 5.75. The van der Waals surface area contributed by atoms with Crippen LogP contribution >= 0.6 is 0 Å². The van der Waals surface area contributed by atoms with E-state index in [-0.39, 0.29) is 6.10 Å². The Bertz CT molecular complexity index is 225. The second-order valence-electron chi connectivity index (χ2n) is 3.53. The van der Waals surface area contributed by atoms with Gasteiger partial charge in [0, 0.05) is 18.0 Å². The summed E-state index contributed by atoms with van der Waals surface area (Å²) in [5.41, 5.74) is 6.83. The lowest BCUT2D eigenvalue weighted by molar-refractivity contribution is 0.180. The largest absolute Gasteiger partial charge is 0.396 e. The van der Waals surface area contributed by atoms with E-state index in [0.717, 1.165) is 31.2 Å². The number of nitrogens with two attached hydrogens (primary N) is 1. The van der Waals surface area contributed by atoms with E-state index in [4.69, 9.17) is 11.1 Å². The highest BCUT2D eigenvalue weighted by atomic mass is 16.3. The highest BCUT2D eigenvalue weighted by Gasteiger charge is 2.22. The fraction of sp³-hybridized carbons (Fsp3) is 0.667. The van der Waals surface area contributed by atoms with Crippen LogP contribution in [-0.4, -0.2) is 23.5 Å². The zero-order chi connectivity index (χ0) is 9.84. The molecule has 13 heavy (non-hydrogen) atoms. The summed E-state index contributed by atoms with van der Waals surface area (Å²) in [5.74, 6) is 0. The van der Waals surface area contributed by atoms with Gasteiger partial charge in [-0.1, -0.05) is 0 Å². The highest BCUT2D eigenvalue weighted by Crippen LogP contribution is 2.19. The van der Waals surface area contributed by atoms with Gasteiger partial charge in [0.15, 0.2) is 0 Å². The molecule has 4 heteroatoms. The summed E-state index contributed by atoms with van der Waals surface area (Å²) in [6.45, 7) is 1.85. The fourth-order valence-corrected chi connectivity index (χ4v) is 1.59. The summed E-state index contributed by atoms with van der Waals surface area (Å²) in [5, 5.41) is 19.4. The Morgan fingerprint density at radius 1 is 1.62 bits per heavy atom. The Kier molecular flexibility index (Phi) is 3.31. The van der Waals surface area contributed by atoms with Crippen molar-refractivity contribution in [2.45, 2.75) is 38.3 Å². The number of nitrogens with one attached hydrogen (secondary N) is 2. The monoisotopic (exact) mass is 183 g/mol. The van der Waals surface area contributed by atoms with E-state index in [0.29, 0.717) is 11.7 Å². The Labute approximate surface area is 78.3 Å². The number of hydrogen-bond donors (Lipinski definition) is 4. The fourth-order valence-electron chi connectivity index (χ4n) is 1.59. The van der Waals surface area contributed by atoms with Crippen molar-refractivity contribution in [2.75, 3.05) is 0 Å². The van der Waals surface area contributed by atoms with Crippen LogP contribution in [0.2, 0.25) is 0 Å². The van der Waals surface area contributed by atoms with Crippen molar-refractivity contribution in [2.24, 2.45) is 5.73 Å². The van der Waals surface area contributed by atoms with Crippen molar-refractivity contribution < 1.29 is 5.11 Å². The Balaban J connectivity index is 2.45. The maximum Gasteiger partial charge on any atom is 0.0682 e. The lowest BCUT2D eigenvalue weighted by Crippen LogP contribution is -2.27. The van der Waals surface area contributed by atoms with Gasteiger partial charge in [-0.25, -0.2) is 0 Å². The van der Waals surface area contributed by atoms with Gasteiger partial charge >= 0.3 is 0 Å². The summed E-state index contributed by atoms with van der Waals surface area (Å²) in [7, 11) is 0. The topological polar surface area (TPSA) is 82.1 Å². The summed E-state index contributed by atoms with van der Waals surface area (Å²) in [6.07, 6.45) is 3.57. The standard InChI is InChI=1S/C9H17N3O/c1-6(9(11)5-10)12-7-2-3-8(13)4-7/h5,7-8,10,12-13H,2-4,11H2,1H3/b9-6+,10-5?. The third kappa shape index (κ3) is 2.73. The number of hydrogen-bond acceptors (Lipinski definition) is 4. The van der Waals surface area contributed by atoms with Crippen LogP contribution in [0.1, 0.15) is 26.2 Å². The molecule has 0 spiro atoms.